The zero-order valence-electron chi connectivity index (χ0n) is 36.4. The van der Waals surface area contributed by atoms with E-state index in [1.165, 1.54) is 44.9 Å². The van der Waals surface area contributed by atoms with Crippen LogP contribution in [0.5, 0.6) is 17.2 Å². The van der Waals surface area contributed by atoms with Crippen molar-refractivity contribution in [2.75, 3.05) is 12.4 Å². The summed E-state index contributed by atoms with van der Waals surface area (Å²) < 4.78 is 6.18. The maximum Gasteiger partial charge on any atom is 0.161 e. The standard InChI is InChI=1S/C53H61N3O5S2/c1-51(17-2-3-18-51)30-38-13-19-52-21-22-53(38,32-52)20-14-39(57)10-7-34-9-12-47(59)49(26-34)61-24-16-35-8-11-46(58)44(25-35)43-29-48(60)40-15-23-56-45(40)6-4-5-36-27-42(50(54)55)37(28-41(36)43)31-62-63-33-52/h8-9,11-12,14-15,20,23,25-28,38,43,50,58-60H,2-3,6-7,10,13,16-19,21-22,24,29-33,54-55H2,1H3/p-1/b20-14+,48-40?/t38-,43-,52-,53-/m0/s1. The molecular formula is C53H60N3O5S2-. The van der Waals surface area contributed by atoms with Crippen molar-refractivity contribution in [1.82, 2.24) is 0 Å². The molecule has 0 radical (unpaired) electrons. The first-order valence-corrected chi connectivity index (χ1v) is 25.4. The maximum atomic E-state index is 14.2. The number of ether oxygens (including phenoxy) is 1. The molecule has 2 aliphatic heterocycles. The quantitative estimate of drug-likeness (QED) is 0.114. The van der Waals surface area contributed by atoms with Crippen molar-refractivity contribution in [3.8, 4) is 29.1 Å². The summed E-state index contributed by atoms with van der Waals surface area (Å²) in [6.07, 6.45) is 21.1. The predicted molar refractivity (Wildman–Crippen MR) is 253 cm³/mol. The highest BCUT2D eigenvalue weighted by atomic mass is 33.1. The number of benzene rings is 3. The molecule has 0 spiro atoms. The van der Waals surface area contributed by atoms with Crippen LogP contribution in [0, 0.1) is 34.0 Å². The highest BCUT2D eigenvalue weighted by molar-refractivity contribution is 8.76. The van der Waals surface area contributed by atoms with Gasteiger partial charge in [0.15, 0.2) is 17.3 Å². The molecule has 63 heavy (non-hydrogen) atoms. The molecule has 8 nitrogen and oxygen atoms in total. The highest BCUT2D eigenvalue weighted by Gasteiger charge is 2.55. The summed E-state index contributed by atoms with van der Waals surface area (Å²) in [5.74, 6) is 9.01. The summed E-state index contributed by atoms with van der Waals surface area (Å²) in [6, 6.07) is 15.0. The molecule has 3 saturated carbocycles. The Bertz CT molecular complexity index is 2450. The molecule has 330 valence electrons. The van der Waals surface area contributed by atoms with E-state index in [1.807, 2.05) is 58.0 Å². The van der Waals surface area contributed by atoms with E-state index in [2.05, 4.69) is 35.9 Å². The third-order valence-corrected chi connectivity index (χ3v) is 17.8. The minimum atomic E-state index is -0.732. The summed E-state index contributed by atoms with van der Waals surface area (Å²) in [4.78, 5) is 18.1. The Morgan fingerprint density at radius 1 is 0.937 bits per heavy atom. The third kappa shape index (κ3) is 9.40. The Labute approximate surface area is 380 Å². The number of nitrogens with two attached hydrogens (primary N) is 2. The number of aryl methyl sites for hydroxylation is 1. The lowest BCUT2D eigenvalue weighted by Gasteiger charge is -2.46. The molecule has 0 saturated heterocycles. The van der Waals surface area contributed by atoms with Gasteiger partial charge in [-0.2, -0.15) is 0 Å². The monoisotopic (exact) mass is 882 g/mol. The number of phenols is 2. The van der Waals surface area contributed by atoms with Crippen molar-refractivity contribution in [2.45, 2.75) is 121 Å². The third-order valence-electron chi connectivity index (χ3n) is 15.3. The van der Waals surface area contributed by atoms with E-state index in [1.54, 1.807) is 24.4 Å². The molecule has 3 aromatic carbocycles. The Balaban J connectivity index is 1.09. The van der Waals surface area contributed by atoms with Gasteiger partial charge in [0.2, 0.25) is 0 Å². The predicted octanol–water partition coefficient (Wildman–Crippen LogP) is 9.99. The molecule has 9 rings (SSSR count). The van der Waals surface area contributed by atoms with Crippen molar-refractivity contribution in [3.63, 3.8) is 0 Å². The van der Waals surface area contributed by atoms with Crippen molar-refractivity contribution < 1.29 is 24.9 Å². The van der Waals surface area contributed by atoms with Gasteiger partial charge in [-0.3, -0.25) is 9.79 Å². The minimum Gasteiger partial charge on any atom is -0.875 e. The average molecular weight is 883 g/mol. The summed E-state index contributed by atoms with van der Waals surface area (Å²) in [7, 11) is 3.76. The van der Waals surface area contributed by atoms with E-state index in [-0.39, 0.29) is 46.9 Å². The molecular weight excluding hydrogens is 823 g/mol. The van der Waals surface area contributed by atoms with E-state index >= 15 is 0 Å². The molecule has 6 aliphatic rings. The fraction of sp³-hybridized carbons (Fsp3) is 0.472. The SMILES string of the molecule is CC1(C[C@@H]2CC[C@@]34CC[C@@]2(/C=C/C(=O)CCc2ccc(O)c(c2)OCCc2ccc(O)c(c2)[C@H]2CC([O-])=C5C=CN=C5CC#Cc5cc(C(N)N)c(cc52)CSSC3)C4)CCCC1. The van der Waals surface area contributed by atoms with Gasteiger partial charge >= 0.3 is 0 Å². The first kappa shape index (κ1) is 43.8. The molecule has 0 aromatic heterocycles. The van der Waals surface area contributed by atoms with E-state index in [4.69, 9.17) is 16.2 Å². The summed E-state index contributed by atoms with van der Waals surface area (Å²) >= 11 is 0. The van der Waals surface area contributed by atoms with Crippen LogP contribution in [-0.2, 0) is 23.4 Å². The fourth-order valence-corrected chi connectivity index (χ4v) is 14.5. The fourth-order valence-electron chi connectivity index (χ4n) is 11.7. The largest absolute Gasteiger partial charge is 0.875 e. The second-order valence-corrected chi connectivity index (χ2v) is 22.1. The van der Waals surface area contributed by atoms with Crippen LogP contribution in [0.3, 0.4) is 0 Å². The molecule has 2 heterocycles. The van der Waals surface area contributed by atoms with Crippen LogP contribution in [0.1, 0.15) is 141 Å². The Kier molecular flexibility index (Phi) is 12.7. The van der Waals surface area contributed by atoms with Crippen LogP contribution < -0.4 is 21.3 Å². The lowest BCUT2D eigenvalue weighted by Crippen LogP contribution is -2.37. The first-order chi connectivity index (χ1) is 30.4. The molecule has 4 aliphatic carbocycles. The van der Waals surface area contributed by atoms with Crippen LogP contribution in [0.2, 0.25) is 0 Å². The van der Waals surface area contributed by atoms with E-state index in [0.29, 0.717) is 65.4 Å². The number of aromatic hydroxyl groups is 2. The van der Waals surface area contributed by atoms with E-state index in [0.717, 1.165) is 58.4 Å². The summed E-state index contributed by atoms with van der Waals surface area (Å²) in [5, 5.41) is 36.6. The van der Waals surface area contributed by atoms with Gasteiger partial charge in [-0.05, 0) is 156 Å². The smallest absolute Gasteiger partial charge is 0.161 e. The maximum absolute atomic E-state index is 14.2. The molecule has 0 amide bonds. The number of allylic oxidation sites excluding steroid dienone is 5. The van der Waals surface area contributed by atoms with Crippen LogP contribution in [0.4, 0.5) is 0 Å². The normalized spacial score (nSPS) is 27.6. The lowest BCUT2D eigenvalue weighted by atomic mass is 9.59. The number of aliphatic imine (C=N–C) groups is 1. The number of nitrogens with zero attached hydrogens (tertiary/aromatic N) is 1. The van der Waals surface area contributed by atoms with E-state index < -0.39 is 12.1 Å². The molecule has 4 atom stereocenters. The number of hydrogen-bond donors (Lipinski definition) is 4. The minimum absolute atomic E-state index is 0.0260. The first-order valence-electron chi connectivity index (χ1n) is 22.9. The van der Waals surface area contributed by atoms with Gasteiger partial charge in [-0.1, -0.05) is 83.5 Å². The van der Waals surface area contributed by atoms with Crippen molar-refractivity contribution in [3.05, 3.63) is 123 Å². The van der Waals surface area contributed by atoms with Crippen LogP contribution >= 0.6 is 21.6 Å². The Morgan fingerprint density at radius 3 is 2.57 bits per heavy atom. The van der Waals surface area contributed by atoms with Crippen LogP contribution in [0.15, 0.2) is 89.3 Å². The van der Waals surface area contributed by atoms with Gasteiger partial charge in [0.05, 0.1) is 24.9 Å². The summed E-state index contributed by atoms with van der Waals surface area (Å²) in [6.45, 7) is 2.76. The second-order valence-electron chi connectivity index (χ2n) is 19.6. The van der Waals surface area contributed by atoms with Crippen LogP contribution in [-0.4, -0.2) is 34.1 Å². The van der Waals surface area contributed by atoms with Gasteiger partial charge in [0.25, 0.3) is 0 Å². The topological polar surface area (TPSA) is 154 Å². The van der Waals surface area contributed by atoms with Gasteiger partial charge in [0.1, 0.15) is 5.75 Å². The van der Waals surface area contributed by atoms with Gasteiger partial charge in [-0.15, -0.1) is 5.76 Å². The number of carbonyl (C=O) groups is 1. The number of rotatable bonds is 3. The molecule has 3 fully saturated rings. The number of carbonyl (C=O) groups excluding carboxylic acids is 1. The molecule has 3 aromatic rings. The molecule has 10 heteroatoms. The zero-order chi connectivity index (χ0) is 43.8. The van der Waals surface area contributed by atoms with Gasteiger partial charge < -0.3 is 31.5 Å². The van der Waals surface area contributed by atoms with Crippen molar-refractivity contribution in [2.24, 2.45) is 38.6 Å². The molecule has 0 unspecified atom stereocenters. The van der Waals surface area contributed by atoms with Crippen molar-refractivity contribution >= 4 is 33.1 Å². The van der Waals surface area contributed by atoms with E-state index in [9.17, 15) is 20.1 Å². The number of ketones is 1. The number of hydrogen-bond acceptors (Lipinski definition) is 10. The van der Waals surface area contributed by atoms with Crippen LogP contribution in [0.25, 0.3) is 0 Å². The number of fused-ring (bicyclic) bond motifs is 7. The average Bonchev–Trinajstić information content (AvgIpc) is 4.00. The highest BCUT2D eigenvalue weighted by Crippen LogP contribution is 2.65. The van der Waals surface area contributed by atoms with Crippen molar-refractivity contribution in [1.29, 1.82) is 0 Å². The molecule has 6 N–H and O–H groups in total. The Morgan fingerprint density at radius 2 is 1.75 bits per heavy atom. The number of phenolic OH excluding ortho intramolecular Hbond substituents is 2. The lowest BCUT2D eigenvalue weighted by molar-refractivity contribution is -0.307. The van der Waals surface area contributed by atoms with Gasteiger partial charge in [0, 0.05) is 47.6 Å². The summed E-state index contributed by atoms with van der Waals surface area (Å²) in [5.41, 5.74) is 20.7. The zero-order valence-corrected chi connectivity index (χ0v) is 38.1. The second kappa shape index (κ2) is 18.2. The Hall–Kier alpha value is -4.40. The van der Waals surface area contributed by atoms with Gasteiger partial charge in [-0.25, -0.2) is 0 Å². The molecule has 8 bridgehead atoms.